The zero-order chi connectivity index (χ0) is 9.82. The number of hydrogen-bond donors (Lipinski definition) is 2. The van der Waals surface area contributed by atoms with Crippen molar-refractivity contribution in [1.29, 1.82) is 0 Å². The van der Waals surface area contributed by atoms with Crippen LogP contribution >= 0.6 is 0 Å². The summed E-state index contributed by atoms with van der Waals surface area (Å²) < 4.78 is 4.83. The van der Waals surface area contributed by atoms with E-state index < -0.39 is 5.97 Å². The molecule has 12 heavy (non-hydrogen) atoms. The van der Waals surface area contributed by atoms with E-state index in [1.165, 1.54) is 0 Å². The van der Waals surface area contributed by atoms with Crippen molar-refractivity contribution < 1.29 is 19.7 Å². The Morgan fingerprint density at radius 3 is 1.92 bits per heavy atom. The SMILES string of the molecule is CCOCC.O=C(O)CCCO. The lowest BCUT2D eigenvalue weighted by molar-refractivity contribution is -0.137. The molecule has 0 bridgehead atoms. The lowest BCUT2D eigenvalue weighted by Crippen LogP contribution is -1.95. The lowest BCUT2D eigenvalue weighted by atomic mass is 10.3. The molecule has 0 aliphatic heterocycles. The first-order valence-electron chi connectivity index (χ1n) is 4.09. The van der Waals surface area contributed by atoms with Gasteiger partial charge < -0.3 is 14.9 Å². The van der Waals surface area contributed by atoms with E-state index in [1.807, 2.05) is 13.8 Å². The highest BCUT2D eigenvalue weighted by molar-refractivity contribution is 5.66. The van der Waals surface area contributed by atoms with E-state index in [-0.39, 0.29) is 13.0 Å². The Morgan fingerprint density at radius 1 is 1.33 bits per heavy atom. The molecule has 0 spiro atoms. The first kappa shape index (κ1) is 13.9. The minimum absolute atomic E-state index is 0.0354. The second-order valence-electron chi connectivity index (χ2n) is 2.00. The van der Waals surface area contributed by atoms with E-state index in [4.69, 9.17) is 14.9 Å². The molecule has 0 unspecified atom stereocenters. The van der Waals surface area contributed by atoms with Crippen LogP contribution in [0, 0.1) is 0 Å². The highest BCUT2D eigenvalue weighted by atomic mass is 16.5. The average molecular weight is 178 g/mol. The number of aliphatic hydroxyl groups excluding tert-OH is 1. The molecular formula is C8H18O4. The number of carboxylic acid groups (broad SMARTS) is 1. The van der Waals surface area contributed by atoms with Crippen molar-refractivity contribution in [3.8, 4) is 0 Å². The van der Waals surface area contributed by atoms with Gasteiger partial charge in [0.1, 0.15) is 0 Å². The van der Waals surface area contributed by atoms with Crippen LogP contribution in [0.25, 0.3) is 0 Å². The third kappa shape index (κ3) is 22.8. The molecule has 4 nitrogen and oxygen atoms in total. The van der Waals surface area contributed by atoms with Crippen LogP contribution < -0.4 is 0 Å². The Hall–Kier alpha value is -0.610. The van der Waals surface area contributed by atoms with Gasteiger partial charge in [0.05, 0.1) is 0 Å². The summed E-state index contributed by atoms with van der Waals surface area (Å²) in [6.07, 6.45) is 0.422. The molecule has 0 rings (SSSR count). The molecule has 0 atom stereocenters. The average Bonchev–Trinajstić information content (AvgIpc) is 2.03. The number of hydrogen-bond acceptors (Lipinski definition) is 3. The van der Waals surface area contributed by atoms with Crippen LogP contribution in [0.1, 0.15) is 26.7 Å². The molecule has 0 amide bonds. The highest BCUT2D eigenvalue weighted by Crippen LogP contribution is 1.83. The maximum absolute atomic E-state index is 9.65. The van der Waals surface area contributed by atoms with Crippen LogP contribution in [0.5, 0.6) is 0 Å². The van der Waals surface area contributed by atoms with Gasteiger partial charge in [0.15, 0.2) is 0 Å². The second-order valence-corrected chi connectivity index (χ2v) is 2.00. The van der Waals surface area contributed by atoms with Gasteiger partial charge in [-0.15, -0.1) is 0 Å². The maximum Gasteiger partial charge on any atom is 0.303 e. The summed E-state index contributed by atoms with van der Waals surface area (Å²) in [5, 5.41) is 16.0. The number of aliphatic hydroxyl groups is 1. The summed E-state index contributed by atoms with van der Waals surface area (Å²) in [7, 11) is 0. The molecule has 0 saturated carbocycles. The van der Waals surface area contributed by atoms with Crippen LogP contribution in [0.2, 0.25) is 0 Å². The highest BCUT2D eigenvalue weighted by Gasteiger charge is 1.91. The molecule has 0 radical (unpaired) electrons. The molecule has 0 saturated heterocycles. The first-order valence-corrected chi connectivity index (χ1v) is 4.09. The van der Waals surface area contributed by atoms with E-state index >= 15 is 0 Å². The second kappa shape index (κ2) is 13.0. The molecule has 2 N–H and O–H groups in total. The Morgan fingerprint density at radius 2 is 1.83 bits per heavy atom. The number of ether oxygens (including phenoxy) is 1. The number of aliphatic carboxylic acids is 1. The van der Waals surface area contributed by atoms with Crippen molar-refractivity contribution in [3.05, 3.63) is 0 Å². The Labute approximate surface area is 73.2 Å². The van der Waals surface area contributed by atoms with Crippen molar-refractivity contribution in [2.45, 2.75) is 26.7 Å². The monoisotopic (exact) mass is 178 g/mol. The predicted molar refractivity (Wildman–Crippen MR) is 46.1 cm³/mol. The fourth-order valence-corrected chi connectivity index (χ4v) is 0.434. The minimum Gasteiger partial charge on any atom is -0.481 e. The summed E-state index contributed by atoms with van der Waals surface area (Å²) >= 11 is 0. The molecule has 0 aromatic heterocycles. The van der Waals surface area contributed by atoms with Gasteiger partial charge in [-0.2, -0.15) is 0 Å². The normalized spacial score (nSPS) is 8.58. The summed E-state index contributed by atoms with van der Waals surface area (Å²) in [6.45, 7) is 5.63. The van der Waals surface area contributed by atoms with E-state index in [0.717, 1.165) is 13.2 Å². The van der Waals surface area contributed by atoms with E-state index in [2.05, 4.69) is 0 Å². The van der Waals surface area contributed by atoms with Crippen molar-refractivity contribution >= 4 is 5.97 Å². The topological polar surface area (TPSA) is 66.8 Å². The molecular weight excluding hydrogens is 160 g/mol. The van der Waals surface area contributed by atoms with E-state index in [9.17, 15) is 4.79 Å². The maximum atomic E-state index is 9.65. The van der Waals surface area contributed by atoms with Gasteiger partial charge in [-0.3, -0.25) is 4.79 Å². The number of carboxylic acids is 1. The molecule has 0 aliphatic rings. The largest absolute Gasteiger partial charge is 0.481 e. The van der Waals surface area contributed by atoms with Crippen LogP contribution in [-0.4, -0.2) is 36.0 Å². The van der Waals surface area contributed by atoms with Crippen molar-refractivity contribution in [2.75, 3.05) is 19.8 Å². The first-order chi connectivity index (χ1) is 5.68. The molecule has 0 aromatic carbocycles. The Balaban J connectivity index is 0. The smallest absolute Gasteiger partial charge is 0.303 e. The Kier molecular flexibility index (Phi) is 15.1. The lowest BCUT2D eigenvalue weighted by Gasteiger charge is -1.86. The summed E-state index contributed by atoms with van der Waals surface area (Å²) in [4.78, 5) is 9.65. The molecule has 0 aliphatic carbocycles. The van der Waals surface area contributed by atoms with E-state index in [0.29, 0.717) is 6.42 Å². The zero-order valence-corrected chi connectivity index (χ0v) is 7.75. The van der Waals surface area contributed by atoms with Crippen molar-refractivity contribution in [2.24, 2.45) is 0 Å². The number of rotatable bonds is 5. The van der Waals surface area contributed by atoms with Gasteiger partial charge in [0.2, 0.25) is 0 Å². The van der Waals surface area contributed by atoms with Gasteiger partial charge >= 0.3 is 5.97 Å². The number of carbonyl (C=O) groups is 1. The quantitative estimate of drug-likeness (QED) is 0.656. The van der Waals surface area contributed by atoms with Crippen LogP contribution in [0.4, 0.5) is 0 Å². The summed E-state index contributed by atoms with van der Waals surface area (Å²) in [6, 6.07) is 0. The third-order valence-electron chi connectivity index (χ3n) is 0.957. The van der Waals surface area contributed by atoms with Gasteiger partial charge in [-0.25, -0.2) is 0 Å². The van der Waals surface area contributed by atoms with Crippen LogP contribution in [-0.2, 0) is 9.53 Å². The molecule has 0 heterocycles. The van der Waals surface area contributed by atoms with Gasteiger partial charge in [0, 0.05) is 26.2 Å². The third-order valence-corrected chi connectivity index (χ3v) is 0.957. The Bertz CT molecular complexity index is 91.1. The molecule has 74 valence electrons. The van der Waals surface area contributed by atoms with Crippen molar-refractivity contribution in [3.63, 3.8) is 0 Å². The van der Waals surface area contributed by atoms with Crippen LogP contribution in [0.3, 0.4) is 0 Å². The fraction of sp³-hybridized carbons (Fsp3) is 0.875. The minimum atomic E-state index is -0.853. The van der Waals surface area contributed by atoms with Gasteiger partial charge in [-0.05, 0) is 20.3 Å². The summed E-state index contributed by atoms with van der Waals surface area (Å²) in [5.41, 5.74) is 0. The zero-order valence-electron chi connectivity index (χ0n) is 7.75. The van der Waals surface area contributed by atoms with Gasteiger partial charge in [0.25, 0.3) is 0 Å². The van der Waals surface area contributed by atoms with E-state index in [1.54, 1.807) is 0 Å². The fourth-order valence-electron chi connectivity index (χ4n) is 0.434. The standard InChI is InChI=1S/C4H8O3.C4H10O/c5-3-1-2-4(6)7;1-3-5-4-2/h5H,1-3H2,(H,6,7);3-4H2,1-2H3. The summed E-state index contributed by atoms with van der Waals surface area (Å²) in [5.74, 6) is -0.853. The molecule has 0 fully saturated rings. The van der Waals surface area contributed by atoms with Crippen LogP contribution in [0.15, 0.2) is 0 Å². The predicted octanol–water partition coefficient (Wildman–Crippen LogP) is 0.886. The van der Waals surface area contributed by atoms with Crippen molar-refractivity contribution in [1.82, 2.24) is 0 Å². The van der Waals surface area contributed by atoms with Gasteiger partial charge in [-0.1, -0.05) is 0 Å². The molecule has 0 aromatic rings. The molecule has 4 heteroatoms.